The van der Waals surface area contributed by atoms with Crippen LogP contribution in [-0.4, -0.2) is 48.9 Å². The van der Waals surface area contributed by atoms with Crippen molar-refractivity contribution in [3.8, 4) is 0 Å². The van der Waals surface area contributed by atoms with Gasteiger partial charge in [0.2, 0.25) is 0 Å². The first-order valence-corrected chi connectivity index (χ1v) is 9.95. The highest BCUT2D eigenvalue weighted by Gasteiger charge is 1.98. The van der Waals surface area contributed by atoms with Gasteiger partial charge in [0.1, 0.15) is 16.5 Å². The molecular weight excluding hydrogens is 304 g/mol. The number of hydrogen-bond acceptors (Lipinski definition) is 4. The van der Waals surface area contributed by atoms with E-state index in [1.54, 1.807) is 6.26 Å². The Morgan fingerprint density at radius 2 is 1.68 bits per heavy atom. The lowest BCUT2D eigenvalue weighted by Gasteiger charge is -2.10. The van der Waals surface area contributed by atoms with E-state index in [9.17, 15) is 13.0 Å². The normalized spacial score (nSPS) is 12.4. The van der Waals surface area contributed by atoms with Crippen molar-refractivity contribution in [3.05, 3.63) is 0 Å². The summed E-state index contributed by atoms with van der Waals surface area (Å²) in [5.41, 5.74) is 0. The van der Waals surface area contributed by atoms with Crippen LogP contribution in [-0.2, 0) is 21.9 Å². The standard InChI is InChI=1S/C11H24N2O3S3/c1-18(14)9-6-4-8-13-11(17)12-7-3-2-5-10-19(15)16/h19H,2-10H2,1H3,(H2,12,13,17). The molecule has 0 aromatic rings. The van der Waals surface area contributed by atoms with Crippen molar-refractivity contribution in [3.63, 3.8) is 0 Å². The molecule has 114 valence electrons. The van der Waals surface area contributed by atoms with Gasteiger partial charge in [0.25, 0.3) is 0 Å². The molecule has 0 aromatic carbocycles. The summed E-state index contributed by atoms with van der Waals surface area (Å²) < 4.78 is 31.5. The quantitative estimate of drug-likeness (QED) is 0.220. The molecule has 5 nitrogen and oxygen atoms in total. The molecule has 0 saturated carbocycles. The fraction of sp³-hybridized carbons (Fsp3) is 0.909. The average Bonchev–Trinajstić information content (AvgIpc) is 2.32. The van der Waals surface area contributed by atoms with Gasteiger partial charge in [0.15, 0.2) is 5.11 Å². The molecule has 0 aliphatic rings. The number of hydrogen-bond donors (Lipinski definition) is 3. The minimum absolute atomic E-state index is 0.275. The SMILES string of the molecule is C[S+]([O-])CCCCNC(=S)NCCCCC[SH](=O)=O. The summed E-state index contributed by atoms with van der Waals surface area (Å²) >= 11 is 4.38. The molecule has 0 radical (unpaired) electrons. The first-order chi connectivity index (χ1) is 9.02. The van der Waals surface area contributed by atoms with Crippen LogP contribution >= 0.6 is 12.2 Å². The summed E-state index contributed by atoms with van der Waals surface area (Å²) in [7, 11) is -2.23. The Hall–Kier alpha value is -0.0500. The van der Waals surface area contributed by atoms with Gasteiger partial charge in [-0.1, -0.05) is 17.6 Å². The zero-order valence-electron chi connectivity index (χ0n) is 11.4. The molecule has 1 unspecified atom stereocenters. The van der Waals surface area contributed by atoms with Gasteiger partial charge in [-0.3, -0.25) is 0 Å². The number of thiocarbonyl (C=S) groups is 1. The second-order valence-corrected chi connectivity index (χ2v) is 7.36. The Labute approximate surface area is 126 Å². The third-order valence-corrected chi connectivity index (χ3v) is 4.28. The molecule has 0 heterocycles. The molecule has 0 saturated heterocycles. The van der Waals surface area contributed by atoms with Gasteiger partial charge in [-0.15, -0.1) is 0 Å². The van der Waals surface area contributed by atoms with Crippen LogP contribution in [0.15, 0.2) is 0 Å². The Balaban J connectivity index is 3.26. The maximum Gasteiger partial charge on any atom is 0.166 e. The fourth-order valence-corrected chi connectivity index (χ4v) is 2.74. The zero-order chi connectivity index (χ0) is 14.5. The Kier molecular flexibility index (Phi) is 12.9. The van der Waals surface area contributed by atoms with E-state index in [1.165, 1.54) is 0 Å². The molecule has 0 spiro atoms. The zero-order valence-corrected chi connectivity index (χ0v) is 13.9. The molecule has 19 heavy (non-hydrogen) atoms. The summed E-state index contributed by atoms with van der Waals surface area (Å²) in [6.45, 7) is 1.56. The van der Waals surface area contributed by atoms with E-state index in [1.807, 2.05) is 0 Å². The highest BCUT2D eigenvalue weighted by molar-refractivity contribution is 7.90. The van der Waals surface area contributed by atoms with E-state index in [-0.39, 0.29) is 5.75 Å². The van der Waals surface area contributed by atoms with E-state index < -0.39 is 21.9 Å². The smallest absolute Gasteiger partial charge is 0.166 e. The van der Waals surface area contributed by atoms with Crippen molar-refractivity contribution in [1.82, 2.24) is 10.6 Å². The van der Waals surface area contributed by atoms with Crippen LogP contribution in [0.5, 0.6) is 0 Å². The summed E-state index contributed by atoms with van der Waals surface area (Å²) in [6.07, 6.45) is 6.13. The Morgan fingerprint density at radius 1 is 1.11 bits per heavy atom. The van der Waals surface area contributed by atoms with Gasteiger partial charge in [-0.2, -0.15) is 0 Å². The van der Waals surface area contributed by atoms with E-state index >= 15 is 0 Å². The molecule has 0 bridgehead atoms. The van der Waals surface area contributed by atoms with Crippen molar-refractivity contribution in [2.75, 3.05) is 30.9 Å². The van der Waals surface area contributed by atoms with Crippen molar-refractivity contribution in [1.29, 1.82) is 0 Å². The average molecular weight is 329 g/mol. The lowest BCUT2D eigenvalue weighted by Crippen LogP contribution is -2.36. The lowest BCUT2D eigenvalue weighted by atomic mass is 10.2. The van der Waals surface area contributed by atoms with Crippen LogP contribution in [0.25, 0.3) is 0 Å². The molecule has 0 amide bonds. The molecule has 0 fully saturated rings. The van der Waals surface area contributed by atoms with Crippen LogP contribution in [0, 0.1) is 0 Å². The minimum Gasteiger partial charge on any atom is -0.617 e. The van der Waals surface area contributed by atoms with Gasteiger partial charge in [0, 0.05) is 18.8 Å². The highest BCUT2D eigenvalue weighted by Crippen LogP contribution is 1.94. The van der Waals surface area contributed by atoms with Crippen LogP contribution in [0.1, 0.15) is 32.1 Å². The van der Waals surface area contributed by atoms with Crippen molar-refractivity contribution in [2.24, 2.45) is 0 Å². The van der Waals surface area contributed by atoms with Crippen molar-refractivity contribution < 1.29 is 13.0 Å². The summed E-state index contributed by atoms with van der Waals surface area (Å²) in [5, 5.41) is 6.80. The summed E-state index contributed by atoms with van der Waals surface area (Å²) in [5.74, 6) is 1.01. The Morgan fingerprint density at radius 3 is 2.21 bits per heavy atom. The van der Waals surface area contributed by atoms with E-state index in [0.29, 0.717) is 11.5 Å². The maximum absolute atomic E-state index is 10.8. The number of rotatable bonds is 11. The first kappa shape index (κ1) is 18.9. The van der Waals surface area contributed by atoms with E-state index in [4.69, 9.17) is 12.2 Å². The monoisotopic (exact) mass is 328 g/mol. The van der Waals surface area contributed by atoms with Crippen LogP contribution < -0.4 is 10.6 Å². The second-order valence-electron chi connectivity index (χ2n) is 4.28. The summed E-state index contributed by atoms with van der Waals surface area (Å²) in [6, 6.07) is 0. The summed E-state index contributed by atoms with van der Waals surface area (Å²) in [4.78, 5) is 0. The molecule has 0 rings (SSSR count). The third-order valence-electron chi connectivity index (χ3n) is 2.45. The third kappa shape index (κ3) is 15.9. The molecular formula is C11H24N2O3S3. The second kappa shape index (κ2) is 13.0. The van der Waals surface area contributed by atoms with Gasteiger partial charge >= 0.3 is 0 Å². The van der Waals surface area contributed by atoms with E-state index in [0.717, 1.165) is 44.5 Å². The predicted molar refractivity (Wildman–Crippen MR) is 85.8 cm³/mol. The molecule has 0 aliphatic carbocycles. The van der Waals surface area contributed by atoms with Crippen molar-refractivity contribution >= 4 is 39.2 Å². The van der Waals surface area contributed by atoms with Gasteiger partial charge in [0.05, 0.1) is 6.26 Å². The molecule has 0 aromatic heterocycles. The number of thiol groups is 1. The van der Waals surface area contributed by atoms with Crippen LogP contribution in [0.2, 0.25) is 0 Å². The number of unbranched alkanes of at least 4 members (excludes halogenated alkanes) is 3. The van der Waals surface area contributed by atoms with Crippen molar-refractivity contribution in [2.45, 2.75) is 32.1 Å². The van der Waals surface area contributed by atoms with Gasteiger partial charge < -0.3 is 15.2 Å². The van der Waals surface area contributed by atoms with Crippen LogP contribution in [0.4, 0.5) is 0 Å². The largest absolute Gasteiger partial charge is 0.617 e. The number of nitrogens with one attached hydrogen (secondary N) is 2. The highest BCUT2D eigenvalue weighted by atomic mass is 32.2. The minimum atomic E-state index is -2.23. The first-order valence-electron chi connectivity index (χ1n) is 6.46. The lowest BCUT2D eigenvalue weighted by molar-refractivity contribution is 0.595. The molecule has 0 aliphatic heterocycles. The van der Waals surface area contributed by atoms with E-state index in [2.05, 4.69) is 10.6 Å². The Bertz CT molecular complexity index is 302. The topological polar surface area (TPSA) is 81.3 Å². The van der Waals surface area contributed by atoms with Gasteiger partial charge in [-0.25, -0.2) is 8.42 Å². The molecule has 8 heteroatoms. The maximum atomic E-state index is 10.8. The predicted octanol–water partition coefficient (Wildman–Crippen LogP) is 0.391. The molecule has 2 N–H and O–H groups in total. The fourth-order valence-electron chi connectivity index (χ4n) is 1.44. The molecule has 1 atom stereocenters. The van der Waals surface area contributed by atoms with Crippen LogP contribution in [0.3, 0.4) is 0 Å². The van der Waals surface area contributed by atoms with Gasteiger partial charge in [-0.05, 0) is 37.9 Å².